The van der Waals surface area contributed by atoms with E-state index in [0.717, 1.165) is 29.8 Å². The topological polar surface area (TPSA) is 63.2 Å². The Morgan fingerprint density at radius 2 is 2.00 bits per heavy atom. The molecule has 1 unspecified atom stereocenters. The van der Waals surface area contributed by atoms with Gasteiger partial charge in [0.05, 0.1) is 5.41 Å². The lowest BCUT2D eigenvalue weighted by Gasteiger charge is -2.38. The first-order valence-corrected chi connectivity index (χ1v) is 9.79. The van der Waals surface area contributed by atoms with Gasteiger partial charge in [0.1, 0.15) is 11.6 Å². The Kier molecular flexibility index (Phi) is 5.09. The molecule has 5 heteroatoms. The van der Waals surface area contributed by atoms with Crippen LogP contribution in [0.4, 0.5) is 5.69 Å². The van der Waals surface area contributed by atoms with Gasteiger partial charge < -0.3 is 5.32 Å². The van der Waals surface area contributed by atoms with Crippen molar-refractivity contribution in [3.63, 3.8) is 0 Å². The van der Waals surface area contributed by atoms with Gasteiger partial charge in [-0.1, -0.05) is 18.9 Å². The largest absolute Gasteiger partial charge is 0.326 e. The van der Waals surface area contributed by atoms with E-state index in [1.807, 2.05) is 30.5 Å². The van der Waals surface area contributed by atoms with Crippen molar-refractivity contribution in [2.75, 3.05) is 11.6 Å². The van der Waals surface area contributed by atoms with Crippen molar-refractivity contribution in [1.82, 2.24) is 0 Å². The second-order valence-electron chi connectivity index (χ2n) is 6.74. The summed E-state index contributed by atoms with van der Waals surface area (Å²) in [5.41, 5.74) is -0.0998. The third-order valence-corrected chi connectivity index (χ3v) is 6.16. The Morgan fingerprint density at radius 1 is 1.25 bits per heavy atom. The summed E-state index contributed by atoms with van der Waals surface area (Å²) in [6, 6.07) is 7.70. The van der Waals surface area contributed by atoms with Crippen LogP contribution in [0.25, 0.3) is 0 Å². The summed E-state index contributed by atoms with van der Waals surface area (Å²) >= 11 is 1.62. The van der Waals surface area contributed by atoms with E-state index in [9.17, 15) is 14.4 Å². The van der Waals surface area contributed by atoms with E-state index in [-0.39, 0.29) is 29.8 Å². The molecule has 1 aromatic carbocycles. The fourth-order valence-corrected chi connectivity index (χ4v) is 4.68. The molecule has 1 N–H and O–H groups in total. The van der Waals surface area contributed by atoms with E-state index >= 15 is 0 Å². The first-order chi connectivity index (χ1) is 11.6. The number of Topliss-reactive ketones (excluding diaryl/α,β-unsaturated/α-hetero) is 2. The first kappa shape index (κ1) is 17.2. The molecular formula is C19H23NO3S. The lowest BCUT2D eigenvalue weighted by atomic mass is 9.63. The van der Waals surface area contributed by atoms with E-state index in [2.05, 4.69) is 5.32 Å². The minimum absolute atomic E-state index is 0.0642. The minimum atomic E-state index is -0.864. The molecule has 1 spiro atoms. The summed E-state index contributed by atoms with van der Waals surface area (Å²) in [5, 5.41) is 2.93. The average Bonchev–Trinajstić information content (AvgIpc) is 2.86. The van der Waals surface area contributed by atoms with E-state index < -0.39 is 5.41 Å². The zero-order chi connectivity index (χ0) is 17.2. The highest BCUT2D eigenvalue weighted by atomic mass is 32.2. The number of rotatable bonds is 4. The van der Waals surface area contributed by atoms with Crippen molar-refractivity contribution in [3.8, 4) is 0 Å². The molecule has 2 aliphatic carbocycles. The Bertz CT molecular complexity index is 654. The molecule has 3 rings (SSSR count). The summed E-state index contributed by atoms with van der Waals surface area (Å²) in [7, 11) is 0. The number of ketones is 2. The van der Waals surface area contributed by atoms with Crippen molar-refractivity contribution >= 4 is 34.9 Å². The second-order valence-corrected chi connectivity index (χ2v) is 7.62. The van der Waals surface area contributed by atoms with E-state index in [1.54, 1.807) is 11.8 Å². The zero-order valence-electron chi connectivity index (χ0n) is 14.0. The summed E-state index contributed by atoms with van der Waals surface area (Å²) in [5.74, 6) is -0.117. The van der Waals surface area contributed by atoms with Crippen molar-refractivity contribution in [2.24, 2.45) is 11.3 Å². The van der Waals surface area contributed by atoms with Crippen LogP contribution in [0.1, 0.15) is 44.9 Å². The fourth-order valence-electron chi connectivity index (χ4n) is 4.22. The van der Waals surface area contributed by atoms with Crippen LogP contribution in [0, 0.1) is 11.3 Å². The highest BCUT2D eigenvalue weighted by Gasteiger charge is 2.55. The average molecular weight is 345 g/mol. The number of nitrogens with one attached hydrogen (secondary N) is 1. The lowest BCUT2D eigenvalue weighted by molar-refractivity contribution is -0.142. The third-order valence-electron chi connectivity index (χ3n) is 5.43. The van der Waals surface area contributed by atoms with Gasteiger partial charge in [-0.2, -0.15) is 0 Å². The van der Waals surface area contributed by atoms with Gasteiger partial charge in [-0.05, 0) is 43.2 Å². The molecule has 24 heavy (non-hydrogen) atoms. The molecule has 4 nitrogen and oxygen atoms in total. The van der Waals surface area contributed by atoms with Crippen LogP contribution in [0.2, 0.25) is 0 Å². The fraction of sp³-hybridized carbons (Fsp3) is 0.526. The molecule has 1 aromatic rings. The molecule has 1 amide bonds. The van der Waals surface area contributed by atoms with Gasteiger partial charge in [0, 0.05) is 29.8 Å². The Hall–Kier alpha value is -1.62. The van der Waals surface area contributed by atoms with Crippen molar-refractivity contribution in [2.45, 2.75) is 49.8 Å². The van der Waals surface area contributed by atoms with Crippen LogP contribution < -0.4 is 5.32 Å². The number of hydrogen-bond acceptors (Lipinski definition) is 4. The second kappa shape index (κ2) is 7.09. The highest BCUT2D eigenvalue weighted by molar-refractivity contribution is 7.98. The van der Waals surface area contributed by atoms with Gasteiger partial charge >= 0.3 is 0 Å². The third kappa shape index (κ3) is 3.14. The van der Waals surface area contributed by atoms with E-state index in [1.165, 1.54) is 0 Å². The van der Waals surface area contributed by atoms with Crippen LogP contribution in [-0.2, 0) is 14.4 Å². The van der Waals surface area contributed by atoms with Crippen LogP contribution >= 0.6 is 11.8 Å². The Morgan fingerprint density at radius 3 is 2.71 bits per heavy atom. The Labute approximate surface area is 146 Å². The number of carbonyl (C=O) groups is 3. The van der Waals surface area contributed by atoms with Crippen molar-refractivity contribution < 1.29 is 14.4 Å². The quantitative estimate of drug-likeness (QED) is 0.665. The minimum Gasteiger partial charge on any atom is -0.326 e. The molecule has 2 aliphatic rings. The highest BCUT2D eigenvalue weighted by Crippen LogP contribution is 2.49. The van der Waals surface area contributed by atoms with Gasteiger partial charge in [-0.3, -0.25) is 14.4 Å². The molecule has 128 valence electrons. The van der Waals surface area contributed by atoms with Gasteiger partial charge in [-0.25, -0.2) is 0 Å². The maximum absolute atomic E-state index is 12.5. The number of hydrogen-bond donors (Lipinski definition) is 1. The summed E-state index contributed by atoms with van der Waals surface area (Å²) in [6.45, 7) is 0. The van der Waals surface area contributed by atoms with E-state index in [0.29, 0.717) is 19.3 Å². The smallest absolute Gasteiger partial charge is 0.224 e. The van der Waals surface area contributed by atoms with Gasteiger partial charge in [-0.15, -0.1) is 11.8 Å². The van der Waals surface area contributed by atoms with Gasteiger partial charge in [0.15, 0.2) is 0 Å². The molecule has 2 fully saturated rings. The molecule has 0 aromatic heterocycles. The van der Waals surface area contributed by atoms with Crippen molar-refractivity contribution in [3.05, 3.63) is 24.3 Å². The SMILES string of the molecule is CSc1cccc(NC(=O)CC2CCCCC23C(=O)CCC3=O)c1. The number of carbonyl (C=O) groups excluding carboxylic acids is 3. The predicted molar refractivity (Wildman–Crippen MR) is 95.1 cm³/mol. The number of amides is 1. The molecule has 2 saturated carbocycles. The first-order valence-electron chi connectivity index (χ1n) is 8.57. The molecular weight excluding hydrogens is 322 g/mol. The summed E-state index contributed by atoms with van der Waals surface area (Å²) in [6.07, 6.45) is 6.26. The maximum atomic E-state index is 12.5. The number of anilines is 1. The normalized spacial score (nSPS) is 22.8. The molecule has 1 atom stereocenters. The summed E-state index contributed by atoms with van der Waals surface area (Å²) < 4.78 is 0. The van der Waals surface area contributed by atoms with Gasteiger partial charge in [0.25, 0.3) is 0 Å². The number of benzene rings is 1. The zero-order valence-corrected chi connectivity index (χ0v) is 14.8. The molecule has 0 radical (unpaired) electrons. The summed E-state index contributed by atoms with van der Waals surface area (Å²) in [4.78, 5) is 38.5. The molecule has 0 aliphatic heterocycles. The standard InChI is InChI=1S/C19H23NO3S/c1-24-15-7-4-6-14(12-15)20-18(23)11-13-5-2-3-10-19(13)16(21)8-9-17(19)22/h4,6-7,12-13H,2-3,5,8-11H2,1H3,(H,20,23). The lowest BCUT2D eigenvalue weighted by Crippen LogP contribution is -2.44. The van der Waals surface area contributed by atoms with Crippen LogP contribution in [0.3, 0.4) is 0 Å². The van der Waals surface area contributed by atoms with Crippen LogP contribution in [0.15, 0.2) is 29.2 Å². The van der Waals surface area contributed by atoms with Crippen LogP contribution in [0.5, 0.6) is 0 Å². The molecule has 0 heterocycles. The molecule has 0 saturated heterocycles. The Balaban J connectivity index is 1.72. The number of thioether (sulfide) groups is 1. The van der Waals surface area contributed by atoms with Crippen molar-refractivity contribution in [1.29, 1.82) is 0 Å². The predicted octanol–water partition coefficient (Wildman–Crippen LogP) is 3.85. The van der Waals surface area contributed by atoms with Gasteiger partial charge in [0.2, 0.25) is 5.91 Å². The maximum Gasteiger partial charge on any atom is 0.224 e. The van der Waals surface area contributed by atoms with E-state index in [4.69, 9.17) is 0 Å². The van der Waals surface area contributed by atoms with Crippen LogP contribution in [-0.4, -0.2) is 23.7 Å². The monoisotopic (exact) mass is 345 g/mol. The molecule has 0 bridgehead atoms.